The van der Waals surface area contributed by atoms with E-state index >= 15 is 0 Å². The van der Waals surface area contributed by atoms with Gasteiger partial charge in [0.05, 0.1) is 5.52 Å². The highest BCUT2D eigenvalue weighted by Crippen LogP contribution is 2.24. The van der Waals surface area contributed by atoms with Crippen LogP contribution in [0.3, 0.4) is 0 Å². The van der Waals surface area contributed by atoms with Crippen LogP contribution < -0.4 is 0 Å². The maximum atomic E-state index is 13.4. The van der Waals surface area contributed by atoms with Crippen LogP contribution in [0.5, 0.6) is 0 Å². The van der Waals surface area contributed by atoms with Crippen molar-refractivity contribution in [3.63, 3.8) is 0 Å². The van der Waals surface area contributed by atoms with Crippen molar-refractivity contribution in [1.29, 1.82) is 0 Å². The number of alkyl halides is 3. The molecule has 1 aromatic carbocycles. The van der Waals surface area contributed by atoms with Crippen LogP contribution in [0.4, 0.5) is 22.0 Å². The molecule has 0 aliphatic carbocycles. The fraction of sp³-hybridized carbons (Fsp3) is 0.364. The van der Waals surface area contributed by atoms with Crippen LogP contribution in [-0.2, 0) is 6.54 Å². The molecule has 2 aromatic rings. The Bertz CT molecular complexity index is 655. The topological polar surface area (TPSA) is 20.7 Å². The SMILES string of the molecule is Fc1cc(F)c2[nH]c(=S)n(CCCC(F)(F)F)c2c1. The summed E-state index contributed by atoms with van der Waals surface area (Å²) in [4.78, 5) is 2.53. The zero-order valence-corrected chi connectivity index (χ0v) is 10.3. The number of H-pyrrole nitrogens is 1. The van der Waals surface area contributed by atoms with Gasteiger partial charge in [0.15, 0.2) is 10.6 Å². The molecule has 0 fully saturated rings. The Hall–Kier alpha value is -1.44. The van der Waals surface area contributed by atoms with Crippen molar-refractivity contribution in [3.8, 4) is 0 Å². The van der Waals surface area contributed by atoms with E-state index in [4.69, 9.17) is 12.2 Å². The summed E-state index contributed by atoms with van der Waals surface area (Å²) in [5.41, 5.74) is 0.128. The van der Waals surface area contributed by atoms with Crippen LogP contribution >= 0.6 is 12.2 Å². The molecule has 0 saturated heterocycles. The van der Waals surface area contributed by atoms with Crippen LogP contribution in [-0.4, -0.2) is 15.7 Å². The first-order valence-electron chi connectivity index (χ1n) is 5.42. The van der Waals surface area contributed by atoms with Gasteiger partial charge in [0, 0.05) is 19.0 Å². The summed E-state index contributed by atoms with van der Waals surface area (Å²) in [5.74, 6) is -1.63. The van der Waals surface area contributed by atoms with E-state index in [9.17, 15) is 22.0 Å². The van der Waals surface area contributed by atoms with Gasteiger partial charge in [-0.2, -0.15) is 13.2 Å². The third-order valence-corrected chi connectivity index (χ3v) is 2.97. The summed E-state index contributed by atoms with van der Waals surface area (Å²) in [5, 5.41) is 0. The van der Waals surface area contributed by atoms with Crippen molar-refractivity contribution < 1.29 is 22.0 Å². The summed E-state index contributed by atoms with van der Waals surface area (Å²) in [7, 11) is 0. The van der Waals surface area contributed by atoms with Gasteiger partial charge in [0.2, 0.25) is 0 Å². The molecule has 0 amide bonds. The Morgan fingerprint density at radius 2 is 1.89 bits per heavy atom. The summed E-state index contributed by atoms with van der Waals surface area (Å²) < 4.78 is 64.1. The fourth-order valence-corrected chi connectivity index (χ4v) is 2.13. The van der Waals surface area contributed by atoms with E-state index in [0.29, 0.717) is 6.07 Å². The van der Waals surface area contributed by atoms with Crippen molar-refractivity contribution in [2.75, 3.05) is 0 Å². The van der Waals surface area contributed by atoms with Gasteiger partial charge in [-0.15, -0.1) is 0 Å². The third-order valence-electron chi connectivity index (χ3n) is 2.64. The maximum absolute atomic E-state index is 13.4. The summed E-state index contributed by atoms with van der Waals surface area (Å²) >= 11 is 4.90. The Morgan fingerprint density at radius 1 is 1.21 bits per heavy atom. The van der Waals surface area contributed by atoms with Crippen LogP contribution in [0.15, 0.2) is 12.1 Å². The minimum absolute atomic E-state index is 0.00147. The normalized spacial score (nSPS) is 12.3. The van der Waals surface area contributed by atoms with Gasteiger partial charge in [-0.25, -0.2) is 8.78 Å². The van der Waals surface area contributed by atoms with Crippen LogP contribution in [0, 0.1) is 16.4 Å². The number of benzene rings is 1. The lowest BCUT2D eigenvalue weighted by molar-refractivity contribution is -0.135. The van der Waals surface area contributed by atoms with Gasteiger partial charge in [-0.1, -0.05) is 0 Å². The van der Waals surface area contributed by atoms with Gasteiger partial charge < -0.3 is 9.55 Å². The summed E-state index contributed by atoms with van der Waals surface area (Å²) in [6.07, 6.45) is -5.44. The van der Waals surface area contributed by atoms with E-state index in [2.05, 4.69) is 4.98 Å². The van der Waals surface area contributed by atoms with Gasteiger partial charge >= 0.3 is 6.18 Å². The molecule has 0 atom stereocenters. The van der Waals surface area contributed by atoms with Crippen molar-refractivity contribution in [1.82, 2.24) is 9.55 Å². The highest BCUT2D eigenvalue weighted by atomic mass is 32.1. The molecular weight excluding hydrogens is 287 g/mol. The van der Waals surface area contributed by atoms with E-state index in [1.807, 2.05) is 0 Å². The second-order valence-corrected chi connectivity index (χ2v) is 4.47. The number of nitrogens with zero attached hydrogens (tertiary/aromatic N) is 1. The predicted molar refractivity (Wildman–Crippen MR) is 62.3 cm³/mol. The molecule has 0 spiro atoms. The van der Waals surface area contributed by atoms with E-state index in [0.717, 1.165) is 6.07 Å². The average molecular weight is 296 g/mol. The summed E-state index contributed by atoms with van der Waals surface area (Å²) in [6.45, 7) is -0.0543. The molecule has 0 aliphatic heterocycles. The first-order chi connectivity index (χ1) is 8.78. The molecule has 1 heterocycles. The van der Waals surface area contributed by atoms with Crippen molar-refractivity contribution in [2.45, 2.75) is 25.6 Å². The average Bonchev–Trinajstić information content (AvgIpc) is 2.55. The zero-order valence-electron chi connectivity index (χ0n) is 9.52. The van der Waals surface area contributed by atoms with E-state index in [1.54, 1.807) is 0 Å². The highest BCUT2D eigenvalue weighted by molar-refractivity contribution is 7.71. The number of fused-ring (bicyclic) bond motifs is 1. The molecule has 2 nitrogen and oxygen atoms in total. The molecule has 0 aliphatic rings. The third kappa shape index (κ3) is 3.12. The van der Waals surface area contributed by atoms with Gasteiger partial charge in [0.25, 0.3) is 0 Å². The molecule has 0 unspecified atom stereocenters. The number of hydrogen-bond acceptors (Lipinski definition) is 1. The number of aromatic amines is 1. The molecule has 104 valence electrons. The van der Waals surface area contributed by atoms with Gasteiger partial charge in [-0.05, 0) is 24.7 Å². The van der Waals surface area contributed by atoms with Crippen LogP contribution in [0.25, 0.3) is 11.0 Å². The molecule has 2 rings (SSSR count). The molecule has 0 radical (unpaired) electrons. The summed E-state index contributed by atoms with van der Waals surface area (Å²) in [6, 6.07) is 1.73. The van der Waals surface area contributed by atoms with Gasteiger partial charge in [0.1, 0.15) is 11.3 Å². The number of nitrogens with one attached hydrogen (secondary N) is 1. The van der Waals surface area contributed by atoms with Crippen LogP contribution in [0.2, 0.25) is 0 Å². The fourth-order valence-electron chi connectivity index (χ4n) is 1.84. The van der Waals surface area contributed by atoms with E-state index in [1.165, 1.54) is 4.57 Å². The minimum Gasteiger partial charge on any atom is -0.328 e. The number of rotatable bonds is 3. The second kappa shape index (κ2) is 4.92. The lowest BCUT2D eigenvalue weighted by atomic mass is 10.2. The molecular formula is C11H9F5N2S. The quantitative estimate of drug-likeness (QED) is 0.661. The standard InChI is InChI=1S/C11H9F5N2S/c12-6-4-7(13)9-8(5-6)18(10(19)17-9)3-1-2-11(14,15)16/h4-5H,1-3H2,(H,17,19). The number of aryl methyl sites for hydroxylation is 1. The Balaban J connectivity index is 2.33. The predicted octanol–water partition coefficient (Wildman–Crippen LogP) is 4.32. The lowest BCUT2D eigenvalue weighted by Crippen LogP contribution is -2.09. The number of imidazole rings is 1. The monoisotopic (exact) mass is 296 g/mol. The van der Waals surface area contributed by atoms with E-state index in [-0.39, 0.29) is 28.8 Å². The maximum Gasteiger partial charge on any atom is 0.389 e. The Kier molecular flexibility index (Phi) is 3.62. The Labute approximate surface area is 109 Å². The molecule has 1 aromatic heterocycles. The molecule has 0 saturated carbocycles. The smallest absolute Gasteiger partial charge is 0.328 e. The van der Waals surface area contributed by atoms with Crippen LogP contribution in [0.1, 0.15) is 12.8 Å². The molecule has 0 bridgehead atoms. The van der Waals surface area contributed by atoms with Crippen molar-refractivity contribution in [2.24, 2.45) is 0 Å². The minimum atomic E-state index is -4.26. The van der Waals surface area contributed by atoms with E-state index < -0.39 is 24.2 Å². The largest absolute Gasteiger partial charge is 0.389 e. The van der Waals surface area contributed by atoms with Crippen molar-refractivity contribution >= 4 is 23.3 Å². The second-order valence-electron chi connectivity index (χ2n) is 4.08. The number of aromatic nitrogens is 2. The first kappa shape index (κ1) is 14.0. The zero-order chi connectivity index (χ0) is 14.2. The van der Waals surface area contributed by atoms with Gasteiger partial charge in [-0.3, -0.25) is 0 Å². The molecule has 19 heavy (non-hydrogen) atoms. The Morgan fingerprint density at radius 3 is 2.53 bits per heavy atom. The number of halogens is 5. The number of hydrogen-bond donors (Lipinski definition) is 1. The molecule has 1 N–H and O–H groups in total. The highest BCUT2D eigenvalue weighted by Gasteiger charge is 2.26. The molecule has 8 heteroatoms. The lowest BCUT2D eigenvalue weighted by Gasteiger charge is -2.07. The first-order valence-corrected chi connectivity index (χ1v) is 5.83. The van der Waals surface area contributed by atoms with Crippen molar-refractivity contribution in [3.05, 3.63) is 28.5 Å².